The maximum Gasteiger partial charge on any atom is 0.330 e. The number of ether oxygens (including phenoxy) is 1. The fourth-order valence-electron chi connectivity index (χ4n) is 1.75. The quantitative estimate of drug-likeness (QED) is 0.687. The van der Waals surface area contributed by atoms with Crippen molar-refractivity contribution >= 4 is 11.7 Å². The molecule has 1 heterocycles. The number of nitrogens with zero attached hydrogens (tertiary/aromatic N) is 1. The van der Waals surface area contributed by atoms with Gasteiger partial charge in [0, 0.05) is 5.71 Å². The summed E-state index contributed by atoms with van der Waals surface area (Å²) in [5, 5.41) is 0. The molecule has 0 amide bonds. The molecule has 0 N–H and O–H groups in total. The molecule has 0 unspecified atom stereocenters. The molecule has 1 aromatic carbocycles. The first-order valence-corrected chi connectivity index (χ1v) is 5.01. The number of methoxy groups -OCH3 is 1. The molecule has 0 saturated heterocycles. The van der Waals surface area contributed by atoms with Crippen LogP contribution in [-0.4, -0.2) is 24.8 Å². The Balaban J connectivity index is 2.17. The van der Waals surface area contributed by atoms with E-state index in [-0.39, 0.29) is 12.0 Å². The summed E-state index contributed by atoms with van der Waals surface area (Å²) in [6.07, 6.45) is 1.61. The zero-order valence-electron chi connectivity index (χ0n) is 8.64. The van der Waals surface area contributed by atoms with Gasteiger partial charge >= 0.3 is 5.97 Å². The van der Waals surface area contributed by atoms with Crippen LogP contribution in [0.3, 0.4) is 0 Å². The van der Waals surface area contributed by atoms with Gasteiger partial charge in [-0.3, -0.25) is 4.99 Å². The van der Waals surface area contributed by atoms with E-state index in [0.29, 0.717) is 0 Å². The third kappa shape index (κ3) is 2.06. The highest BCUT2D eigenvalue weighted by Crippen LogP contribution is 2.19. The Morgan fingerprint density at radius 3 is 2.80 bits per heavy atom. The molecule has 0 spiro atoms. The number of rotatable bonds is 2. The third-order valence-corrected chi connectivity index (χ3v) is 2.55. The number of aliphatic imine (C=N–C) groups is 1. The largest absolute Gasteiger partial charge is 0.467 e. The molecular formula is C12H13NO2. The lowest BCUT2D eigenvalue weighted by molar-refractivity contribution is -0.141. The van der Waals surface area contributed by atoms with Crippen molar-refractivity contribution in [3.63, 3.8) is 0 Å². The maximum atomic E-state index is 11.3. The number of carbonyl (C=O) groups is 1. The van der Waals surface area contributed by atoms with E-state index in [0.717, 1.165) is 24.1 Å². The second-order valence-electron chi connectivity index (χ2n) is 3.52. The van der Waals surface area contributed by atoms with Crippen LogP contribution in [0, 0.1) is 0 Å². The van der Waals surface area contributed by atoms with E-state index in [1.807, 2.05) is 30.3 Å². The van der Waals surface area contributed by atoms with Crippen LogP contribution in [0.2, 0.25) is 0 Å². The highest BCUT2D eigenvalue weighted by atomic mass is 16.5. The van der Waals surface area contributed by atoms with Crippen LogP contribution >= 0.6 is 0 Å². The maximum absolute atomic E-state index is 11.3. The molecule has 3 nitrogen and oxygen atoms in total. The van der Waals surface area contributed by atoms with Gasteiger partial charge in [0.1, 0.15) is 6.04 Å². The average Bonchev–Trinajstić information content (AvgIpc) is 2.78. The lowest BCUT2D eigenvalue weighted by Crippen LogP contribution is -2.16. The normalized spacial score (nSPS) is 19.8. The highest BCUT2D eigenvalue weighted by molar-refractivity contribution is 6.03. The Morgan fingerprint density at radius 1 is 1.40 bits per heavy atom. The van der Waals surface area contributed by atoms with E-state index < -0.39 is 0 Å². The number of hydrogen-bond donors (Lipinski definition) is 0. The van der Waals surface area contributed by atoms with Gasteiger partial charge in [-0.2, -0.15) is 0 Å². The SMILES string of the molecule is COC(=O)[C@@H]1CCC(c2ccccc2)=N1. The molecule has 1 aliphatic heterocycles. The van der Waals surface area contributed by atoms with Crippen molar-refractivity contribution in [2.24, 2.45) is 4.99 Å². The first-order valence-electron chi connectivity index (χ1n) is 5.01. The zero-order chi connectivity index (χ0) is 10.7. The first kappa shape index (κ1) is 9.90. The smallest absolute Gasteiger partial charge is 0.330 e. The molecule has 1 aliphatic rings. The fourth-order valence-corrected chi connectivity index (χ4v) is 1.75. The molecule has 0 radical (unpaired) electrons. The van der Waals surface area contributed by atoms with E-state index in [1.165, 1.54) is 7.11 Å². The van der Waals surface area contributed by atoms with E-state index >= 15 is 0 Å². The van der Waals surface area contributed by atoms with Gasteiger partial charge in [0.25, 0.3) is 0 Å². The van der Waals surface area contributed by atoms with Gasteiger partial charge in [-0.25, -0.2) is 4.79 Å². The summed E-state index contributed by atoms with van der Waals surface area (Å²) < 4.78 is 4.67. The summed E-state index contributed by atoms with van der Waals surface area (Å²) in [5.74, 6) is -0.235. The van der Waals surface area contributed by atoms with E-state index in [1.54, 1.807) is 0 Å². The predicted octanol–water partition coefficient (Wildman–Crippen LogP) is 1.81. The lowest BCUT2D eigenvalue weighted by atomic mass is 10.1. The van der Waals surface area contributed by atoms with Crippen LogP contribution < -0.4 is 0 Å². The van der Waals surface area contributed by atoms with E-state index in [9.17, 15) is 4.79 Å². The molecule has 15 heavy (non-hydrogen) atoms. The second kappa shape index (κ2) is 4.26. The Labute approximate surface area is 88.8 Å². The van der Waals surface area contributed by atoms with Crippen molar-refractivity contribution in [1.82, 2.24) is 0 Å². The monoisotopic (exact) mass is 203 g/mol. The molecule has 3 heteroatoms. The van der Waals surface area contributed by atoms with Gasteiger partial charge in [-0.05, 0) is 18.4 Å². The highest BCUT2D eigenvalue weighted by Gasteiger charge is 2.25. The number of benzene rings is 1. The van der Waals surface area contributed by atoms with Crippen LogP contribution in [0.25, 0.3) is 0 Å². The Hall–Kier alpha value is -1.64. The van der Waals surface area contributed by atoms with Gasteiger partial charge in [0.2, 0.25) is 0 Å². The fraction of sp³-hybridized carbons (Fsp3) is 0.333. The van der Waals surface area contributed by atoms with E-state index in [4.69, 9.17) is 0 Å². The van der Waals surface area contributed by atoms with Gasteiger partial charge < -0.3 is 4.74 Å². The van der Waals surface area contributed by atoms with Crippen LogP contribution in [0.4, 0.5) is 0 Å². The minimum absolute atomic E-state index is 0.235. The van der Waals surface area contributed by atoms with Crippen LogP contribution in [0.15, 0.2) is 35.3 Å². The summed E-state index contributed by atoms with van der Waals surface area (Å²) in [6.45, 7) is 0. The minimum Gasteiger partial charge on any atom is -0.467 e. The molecule has 78 valence electrons. The number of esters is 1. The number of carbonyl (C=O) groups excluding carboxylic acids is 1. The molecular weight excluding hydrogens is 190 g/mol. The molecule has 0 aliphatic carbocycles. The zero-order valence-corrected chi connectivity index (χ0v) is 8.64. The van der Waals surface area contributed by atoms with Crippen LogP contribution in [-0.2, 0) is 9.53 Å². The first-order chi connectivity index (χ1) is 7.31. The minimum atomic E-state index is -0.301. The molecule has 0 fully saturated rings. The molecule has 0 aromatic heterocycles. The average molecular weight is 203 g/mol. The summed E-state index contributed by atoms with van der Waals surface area (Å²) in [5.41, 5.74) is 2.11. The van der Waals surface area contributed by atoms with Gasteiger partial charge in [-0.1, -0.05) is 30.3 Å². The van der Waals surface area contributed by atoms with Crippen molar-refractivity contribution in [3.05, 3.63) is 35.9 Å². The molecule has 1 atom stereocenters. The predicted molar refractivity (Wildman–Crippen MR) is 58.0 cm³/mol. The van der Waals surface area contributed by atoms with Gasteiger partial charge in [0.05, 0.1) is 7.11 Å². The van der Waals surface area contributed by atoms with Gasteiger partial charge in [-0.15, -0.1) is 0 Å². The molecule has 1 aromatic rings. The summed E-state index contributed by atoms with van der Waals surface area (Å²) >= 11 is 0. The standard InChI is InChI=1S/C12H13NO2/c1-15-12(14)11-8-7-10(13-11)9-5-3-2-4-6-9/h2-6,11H,7-8H2,1H3/t11-/m0/s1. The molecule has 0 saturated carbocycles. The Morgan fingerprint density at radius 2 is 2.13 bits per heavy atom. The Kier molecular flexibility index (Phi) is 2.81. The number of hydrogen-bond acceptors (Lipinski definition) is 3. The lowest BCUT2D eigenvalue weighted by Gasteiger charge is -2.01. The van der Waals surface area contributed by atoms with Crippen molar-refractivity contribution in [1.29, 1.82) is 0 Å². The topological polar surface area (TPSA) is 38.7 Å². The summed E-state index contributed by atoms with van der Waals surface area (Å²) in [6, 6.07) is 9.64. The summed E-state index contributed by atoms with van der Waals surface area (Å²) in [7, 11) is 1.40. The van der Waals surface area contributed by atoms with Crippen LogP contribution in [0.5, 0.6) is 0 Å². The Bertz CT molecular complexity index is 384. The summed E-state index contributed by atoms with van der Waals surface area (Å²) in [4.78, 5) is 15.6. The van der Waals surface area contributed by atoms with E-state index in [2.05, 4.69) is 9.73 Å². The van der Waals surface area contributed by atoms with Crippen LogP contribution in [0.1, 0.15) is 18.4 Å². The van der Waals surface area contributed by atoms with Crippen molar-refractivity contribution in [3.8, 4) is 0 Å². The van der Waals surface area contributed by atoms with Gasteiger partial charge in [0.15, 0.2) is 0 Å². The third-order valence-electron chi connectivity index (χ3n) is 2.55. The van der Waals surface area contributed by atoms with Crippen molar-refractivity contribution in [2.45, 2.75) is 18.9 Å². The molecule has 2 rings (SSSR count). The molecule has 0 bridgehead atoms. The van der Waals surface area contributed by atoms with Crippen molar-refractivity contribution in [2.75, 3.05) is 7.11 Å². The second-order valence-corrected chi connectivity index (χ2v) is 3.52. The van der Waals surface area contributed by atoms with Crippen molar-refractivity contribution < 1.29 is 9.53 Å².